The molecule has 1 aromatic heterocycles. The number of nitrogens with zero attached hydrogens (tertiary/aromatic N) is 3. The predicted molar refractivity (Wildman–Crippen MR) is 85.0 cm³/mol. The summed E-state index contributed by atoms with van der Waals surface area (Å²) in [5.74, 6) is 0.986. The van der Waals surface area contributed by atoms with Crippen LogP contribution in [-0.4, -0.2) is 54.6 Å². The Labute approximate surface area is 123 Å². The second kappa shape index (κ2) is 7.60. The third-order valence-electron chi connectivity index (χ3n) is 4.00. The van der Waals surface area contributed by atoms with Crippen LogP contribution in [0.25, 0.3) is 0 Å². The lowest BCUT2D eigenvalue weighted by Gasteiger charge is -2.36. The molecule has 4 heteroatoms. The Morgan fingerprint density at radius 3 is 2.90 bits per heavy atom. The van der Waals surface area contributed by atoms with Crippen LogP contribution < -0.4 is 5.32 Å². The Balaban J connectivity index is 1.86. The lowest BCUT2D eigenvalue weighted by atomic mass is 10.0. The van der Waals surface area contributed by atoms with Gasteiger partial charge in [0.05, 0.1) is 0 Å². The third kappa shape index (κ3) is 4.46. The van der Waals surface area contributed by atoms with Gasteiger partial charge in [0.1, 0.15) is 5.82 Å². The van der Waals surface area contributed by atoms with Crippen molar-refractivity contribution in [3.63, 3.8) is 0 Å². The van der Waals surface area contributed by atoms with Crippen molar-refractivity contribution in [2.45, 2.75) is 38.8 Å². The topological polar surface area (TPSA) is 31.4 Å². The average Bonchev–Trinajstić information content (AvgIpc) is 2.47. The molecule has 1 aromatic rings. The summed E-state index contributed by atoms with van der Waals surface area (Å²) < 4.78 is 0. The van der Waals surface area contributed by atoms with Crippen LogP contribution in [0, 0.1) is 0 Å². The van der Waals surface area contributed by atoms with Gasteiger partial charge in [-0.15, -0.1) is 0 Å². The number of pyridine rings is 1. The van der Waals surface area contributed by atoms with E-state index in [0.29, 0.717) is 6.04 Å². The Hall–Kier alpha value is -1.13. The van der Waals surface area contributed by atoms with Crippen molar-refractivity contribution in [2.75, 3.05) is 39.0 Å². The quantitative estimate of drug-likeness (QED) is 0.864. The highest BCUT2D eigenvalue weighted by Crippen LogP contribution is 2.16. The van der Waals surface area contributed by atoms with Gasteiger partial charge in [0, 0.05) is 31.9 Å². The Bertz CT molecular complexity index is 388. The van der Waals surface area contributed by atoms with Gasteiger partial charge in [0.2, 0.25) is 0 Å². The number of rotatable bonds is 6. The van der Waals surface area contributed by atoms with E-state index in [4.69, 9.17) is 0 Å². The molecule has 1 fully saturated rings. The van der Waals surface area contributed by atoms with E-state index >= 15 is 0 Å². The maximum atomic E-state index is 4.49. The zero-order chi connectivity index (χ0) is 14.4. The van der Waals surface area contributed by atoms with Gasteiger partial charge in [-0.3, -0.25) is 4.90 Å². The van der Waals surface area contributed by atoms with Gasteiger partial charge in [-0.05, 0) is 51.5 Å². The molecule has 0 spiro atoms. The van der Waals surface area contributed by atoms with E-state index in [1.165, 1.54) is 31.5 Å². The molecule has 0 radical (unpaired) electrons. The molecule has 0 aliphatic carbocycles. The highest BCUT2D eigenvalue weighted by molar-refractivity contribution is 5.35. The molecule has 20 heavy (non-hydrogen) atoms. The van der Waals surface area contributed by atoms with Gasteiger partial charge >= 0.3 is 0 Å². The largest absolute Gasteiger partial charge is 0.370 e. The molecule has 0 amide bonds. The molecule has 112 valence electrons. The standard InChI is InChI=1S/C16H28N4/c1-4-9-17-16-8-7-14(11-18-16)12-20-10-5-6-15(13-20)19(2)3/h7-8,11,15H,4-6,9-10,12-13H2,1-3H3,(H,17,18). The minimum Gasteiger partial charge on any atom is -0.370 e. The van der Waals surface area contributed by atoms with Crippen molar-refractivity contribution in [3.05, 3.63) is 23.9 Å². The number of piperidine rings is 1. The highest BCUT2D eigenvalue weighted by Gasteiger charge is 2.21. The van der Waals surface area contributed by atoms with Crippen LogP contribution in [0.15, 0.2) is 18.3 Å². The molecule has 1 aliphatic rings. The number of hydrogen-bond acceptors (Lipinski definition) is 4. The zero-order valence-electron chi connectivity index (χ0n) is 13.1. The zero-order valence-corrected chi connectivity index (χ0v) is 13.1. The fraction of sp³-hybridized carbons (Fsp3) is 0.688. The molecule has 4 nitrogen and oxygen atoms in total. The summed E-state index contributed by atoms with van der Waals surface area (Å²) in [6, 6.07) is 4.99. The van der Waals surface area contributed by atoms with E-state index in [-0.39, 0.29) is 0 Å². The summed E-state index contributed by atoms with van der Waals surface area (Å²) in [7, 11) is 4.37. The smallest absolute Gasteiger partial charge is 0.125 e. The van der Waals surface area contributed by atoms with Gasteiger partial charge in [0.25, 0.3) is 0 Å². The van der Waals surface area contributed by atoms with E-state index in [1.807, 2.05) is 6.20 Å². The first kappa shape index (κ1) is 15.3. The van der Waals surface area contributed by atoms with Crippen molar-refractivity contribution >= 4 is 5.82 Å². The van der Waals surface area contributed by atoms with Crippen LogP contribution in [0.2, 0.25) is 0 Å². The first-order valence-electron chi connectivity index (χ1n) is 7.76. The minimum atomic E-state index is 0.696. The summed E-state index contributed by atoms with van der Waals surface area (Å²) in [6.45, 7) is 6.55. The predicted octanol–water partition coefficient (Wildman–Crippen LogP) is 2.43. The third-order valence-corrected chi connectivity index (χ3v) is 4.00. The Morgan fingerprint density at radius 2 is 2.25 bits per heavy atom. The second-order valence-corrected chi connectivity index (χ2v) is 5.97. The van der Waals surface area contributed by atoms with Gasteiger partial charge in [0.15, 0.2) is 0 Å². The highest BCUT2D eigenvalue weighted by atomic mass is 15.2. The van der Waals surface area contributed by atoms with E-state index in [1.54, 1.807) is 0 Å². The van der Waals surface area contributed by atoms with E-state index in [9.17, 15) is 0 Å². The van der Waals surface area contributed by atoms with Crippen LogP contribution in [-0.2, 0) is 6.54 Å². The van der Waals surface area contributed by atoms with Crippen LogP contribution in [0.5, 0.6) is 0 Å². The number of hydrogen-bond donors (Lipinski definition) is 1. The van der Waals surface area contributed by atoms with Crippen molar-refractivity contribution in [1.29, 1.82) is 0 Å². The molecule has 0 bridgehead atoms. The molecule has 1 N–H and O–H groups in total. The van der Waals surface area contributed by atoms with Crippen molar-refractivity contribution in [2.24, 2.45) is 0 Å². The summed E-state index contributed by atoms with van der Waals surface area (Å²) in [4.78, 5) is 9.38. The van der Waals surface area contributed by atoms with Crippen LogP contribution in [0.4, 0.5) is 5.82 Å². The first-order valence-corrected chi connectivity index (χ1v) is 7.76. The summed E-state index contributed by atoms with van der Waals surface area (Å²) in [6.07, 6.45) is 5.76. The maximum absolute atomic E-state index is 4.49. The summed E-state index contributed by atoms with van der Waals surface area (Å²) in [5.41, 5.74) is 1.31. The van der Waals surface area contributed by atoms with Gasteiger partial charge in [-0.1, -0.05) is 13.0 Å². The molecule has 1 atom stereocenters. The molecular formula is C16H28N4. The van der Waals surface area contributed by atoms with Gasteiger partial charge in [-0.2, -0.15) is 0 Å². The van der Waals surface area contributed by atoms with Gasteiger partial charge in [-0.25, -0.2) is 4.98 Å². The second-order valence-electron chi connectivity index (χ2n) is 5.97. The minimum absolute atomic E-state index is 0.696. The van der Waals surface area contributed by atoms with E-state index in [0.717, 1.165) is 25.3 Å². The number of likely N-dealkylation sites (N-methyl/N-ethyl adjacent to an activating group) is 1. The molecule has 1 aliphatic heterocycles. The normalized spacial score (nSPS) is 20.3. The monoisotopic (exact) mass is 276 g/mol. The number of likely N-dealkylation sites (tertiary alicyclic amines) is 1. The lowest BCUT2D eigenvalue weighted by molar-refractivity contribution is 0.128. The molecule has 0 aromatic carbocycles. The fourth-order valence-electron chi connectivity index (χ4n) is 2.73. The number of aromatic nitrogens is 1. The van der Waals surface area contributed by atoms with Crippen molar-refractivity contribution < 1.29 is 0 Å². The molecule has 2 rings (SSSR count). The first-order chi connectivity index (χ1) is 9.69. The Morgan fingerprint density at radius 1 is 1.40 bits per heavy atom. The van der Waals surface area contributed by atoms with Gasteiger partial charge < -0.3 is 10.2 Å². The van der Waals surface area contributed by atoms with Crippen molar-refractivity contribution in [1.82, 2.24) is 14.8 Å². The molecule has 2 heterocycles. The SMILES string of the molecule is CCCNc1ccc(CN2CCCC(N(C)C)C2)cn1. The molecular weight excluding hydrogens is 248 g/mol. The average molecular weight is 276 g/mol. The maximum Gasteiger partial charge on any atom is 0.125 e. The number of anilines is 1. The van der Waals surface area contributed by atoms with Crippen LogP contribution in [0.1, 0.15) is 31.7 Å². The van der Waals surface area contributed by atoms with Crippen LogP contribution >= 0.6 is 0 Å². The summed E-state index contributed by atoms with van der Waals surface area (Å²) >= 11 is 0. The van der Waals surface area contributed by atoms with Crippen molar-refractivity contribution in [3.8, 4) is 0 Å². The van der Waals surface area contributed by atoms with E-state index in [2.05, 4.69) is 53.3 Å². The van der Waals surface area contributed by atoms with Crippen LogP contribution in [0.3, 0.4) is 0 Å². The molecule has 1 saturated heterocycles. The number of nitrogens with one attached hydrogen (secondary N) is 1. The lowest BCUT2D eigenvalue weighted by Crippen LogP contribution is -2.44. The van der Waals surface area contributed by atoms with E-state index < -0.39 is 0 Å². The Kier molecular flexibility index (Phi) is 5.80. The molecule has 0 saturated carbocycles. The summed E-state index contributed by atoms with van der Waals surface area (Å²) in [5, 5.41) is 3.32. The molecule has 1 unspecified atom stereocenters. The fourth-order valence-corrected chi connectivity index (χ4v) is 2.73.